The molecular formula is C14H15BrN2O. The maximum absolute atomic E-state index is 5.74. The van der Waals surface area contributed by atoms with Gasteiger partial charge in [0, 0.05) is 17.1 Å². The van der Waals surface area contributed by atoms with Gasteiger partial charge in [-0.25, -0.2) is 4.98 Å². The van der Waals surface area contributed by atoms with Crippen molar-refractivity contribution in [3.63, 3.8) is 0 Å². The number of rotatable bonds is 4. The molecule has 1 aromatic heterocycles. The number of benzene rings is 1. The number of hydrogen-bond donors (Lipinski definition) is 1. The smallest absolute Gasteiger partial charge is 0.219 e. The van der Waals surface area contributed by atoms with E-state index in [1.807, 2.05) is 44.3 Å². The minimum absolute atomic E-state index is 0.609. The van der Waals surface area contributed by atoms with Crippen LogP contribution in [-0.2, 0) is 6.54 Å². The average Bonchev–Trinajstić information content (AvgIpc) is 2.35. The molecule has 0 saturated carbocycles. The predicted molar refractivity (Wildman–Crippen MR) is 76.0 cm³/mol. The lowest BCUT2D eigenvalue weighted by Gasteiger charge is -2.08. The molecule has 0 atom stereocenters. The second-order valence-corrected chi connectivity index (χ2v) is 4.85. The second kappa shape index (κ2) is 5.98. The highest BCUT2D eigenvalue weighted by atomic mass is 79.9. The molecule has 0 aliphatic carbocycles. The van der Waals surface area contributed by atoms with Crippen LogP contribution in [0.3, 0.4) is 0 Å². The molecule has 3 nitrogen and oxygen atoms in total. The number of aromatic nitrogens is 1. The fourth-order valence-corrected chi connectivity index (χ4v) is 1.84. The van der Waals surface area contributed by atoms with Crippen LogP contribution < -0.4 is 10.1 Å². The Hall–Kier alpha value is -1.39. The Morgan fingerprint density at radius 3 is 2.83 bits per heavy atom. The van der Waals surface area contributed by atoms with Crippen LogP contribution in [0.25, 0.3) is 0 Å². The van der Waals surface area contributed by atoms with E-state index in [4.69, 9.17) is 4.74 Å². The van der Waals surface area contributed by atoms with Crippen molar-refractivity contribution < 1.29 is 4.74 Å². The Balaban J connectivity index is 2.17. The van der Waals surface area contributed by atoms with Crippen molar-refractivity contribution in [2.24, 2.45) is 0 Å². The van der Waals surface area contributed by atoms with Gasteiger partial charge in [0.05, 0.1) is 5.69 Å². The van der Waals surface area contributed by atoms with E-state index in [-0.39, 0.29) is 0 Å². The van der Waals surface area contributed by atoms with Gasteiger partial charge in [-0.05, 0) is 53.7 Å². The maximum Gasteiger partial charge on any atom is 0.219 e. The van der Waals surface area contributed by atoms with Crippen molar-refractivity contribution in [1.29, 1.82) is 0 Å². The number of hydrogen-bond acceptors (Lipinski definition) is 3. The second-order valence-electron chi connectivity index (χ2n) is 4.00. The fourth-order valence-electron chi connectivity index (χ4n) is 1.62. The van der Waals surface area contributed by atoms with Gasteiger partial charge >= 0.3 is 0 Å². The van der Waals surface area contributed by atoms with Crippen molar-refractivity contribution in [1.82, 2.24) is 10.3 Å². The van der Waals surface area contributed by atoms with E-state index in [2.05, 4.69) is 32.3 Å². The standard InChI is InChI=1S/C14H15BrN2O/c1-10-13(15)6-7-14(17-10)18-12-5-3-4-11(8-12)9-16-2/h3-8,16H,9H2,1-2H3. The van der Waals surface area contributed by atoms with Gasteiger partial charge in [0.2, 0.25) is 5.88 Å². The molecule has 2 rings (SSSR count). The summed E-state index contributed by atoms with van der Waals surface area (Å²) in [7, 11) is 1.92. The largest absolute Gasteiger partial charge is 0.439 e. The quantitative estimate of drug-likeness (QED) is 0.936. The molecule has 0 saturated heterocycles. The van der Waals surface area contributed by atoms with Crippen molar-refractivity contribution in [2.75, 3.05) is 7.05 Å². The molecule has 0 bridgehead atoms. The van der Waals surface area contributed by atoms with Crippen molar-refractivity contribution >= 4 is 15.9 Å². The Morgan fingerprint density at radius 2 is 2.11 bits per heavy atom. The number of ether oxygens (including phenoxy) is 1. The van der Waals surface area contributed by atoms with Gasteiger partial charge in [-0.15, -0.1) is 0 Å². The molecular weight excluding hydrogens is 292 g/mol. The first-order valence-electron chi connectivity index (χ1n) is 5.73. The van der Waals surface area contributed by atoms with E-state index < -0.39 is 0 Å². The van der Waals surface area contributed by atoms with Crippen LogP contribution in [0, 0.1) is 6.92 Å². The van der Waals surface area contributed by atoms with Crippen LogP contribution in [0.5, 0.6) is 11.6 Å². The summed E-state index contributed by atoms with van der Waals surface area (Å²) in [4.78, 5) is 4.36. The fraction of sp³-hybridized carbons (Fsp3) is 0.214. The van der Waals surface area contributed by atoms with Gasteiger partial charge in [0.15, 0.2) is 0 Å². The number of pyridine rings is 1. The summed E-state index contributed by atoms with van der Waals surface area (Å²) in [6.07, 6.45) is 0. The van der Waals surface area contributed by atoms with E-state index in [0.29, 0.717) is 5.88 Å². The molecule has 0 aliphatic rings. The topological polar surface area (TPSA) is 34.1 Å². The van der Waals surface area contributed by atoms with E-state index in [1.54, 1.807) is 0 Å². The Bertz CT molecular complexity index is 543. The van der Waals surface area contributed by atoms with E-state index in [1.165, 1.54) is 5.56 Å². The molecule has 0 radical (unpaired) electrons. The minimum Gasteiger partial charge on any atom is -0.439 e. The molecule has 4 heteroatoms. The number of aryl methyl sites for hydroxylation is 1. The summed E-state index contributed by atoms with van der Waals surface area (Å²) in [6.45, 7) is 2.76. The summed E-state index contributed by atoms with van der Waals surface area (Å²) in [6, 6.07) is 11.8. The van der Waals surface area contributed by atoms with Crippen molar-refractivity contribution in [3.8, 4) is 11.6 Å². The molecule has 2 aromatic rings. The first kappa shape index (κ1) is 13.1. The Kier molecular flexibility index (Phi) is 4.33. The van der Waals surface area contributed by atoms with Gasteiger partial charge in [-0.3, -0.25) is 0 Å². The van der Waals surface area contributed by atoms with Crippen LogP contribution in [0.4, 0.5) is 0 Å². The Morgan fingerprint density at radius 1 is 1.28 bits per heavy atom. The van der Waals surface area contributed by atoms with E-state index in [9.17, 15) is 0 Å². The molecule has 1 N–H and O–H groups in total. The predicted octanol–water partition coefficient (Wildman–Crippen LogP) is 3.66. The SMILES string of the molecule is CNCc1cccc(Oc2ccc(Br)c(C)n2)c1. The molecule has 0 amide bonds. The summed E-state index contributed by atoms with van der Waals surface area (Å²) < 4.78 is 6.73. The van der Waals surface area contributed by atoms with Gasteiger partial charge < -0.3 is 10.1 Å². The highest BCUT2D eigenvalue weighted by Crippen LogP contribution is 2.23. The van der Waals surface area contributed by atoms with E-state index >= 15 is 0 Å². The van der Waals surface area contributed by atoms with Crippen molar-refractivity contribution in [3.05, 3.63) is 52.1 Å². The lowest BCUT2D eigenvalue weighted by Crippen LogP contribution is -2.04. The zero-order chi connectivity index (χ0) is 13.0. The van der Waals surface area contributed by atoms with Crippen LogP contribution in [-0.4, -0.2) is 12.0 Å². The summed E-state index contributed by atoms with van der Waals surface area (Å²) >= 11 is 3.42. The molecule has 18 heavy (non-hydrogen) atoms. The van der Waals surface area contributed by atoms with Crippen LogP contribution in [0.15, 0.2) is 40.9 Å². The lowest BCUT2D eigenvalue weighted by atomic mass is 10.2. The number of halogens is 1. The zero-order valence-electron chi connectivity index (χ0n) is 10.4. The average molecular weight is 307 g/mol. The summed E-state index contributed by atoms with van der Waals surface area (Å²) in [5.74, 6) is 1.41. The molecule has 0 aliphatic heterocycles. The third kappa shape index (κ3) is 3.31. The zero-order valence-corrected chi connectivity index (χ0v) is 12.0. The molecule has 0 unspecified atom stereocenters. The third-order valence-electron chi connectivity index (χ3n) is 2.50. The third-order valence-corrected chi connectivity index (χ3v) is 3.34. The first-order chi connectivity index (χ1) is 8.69. The normalized spacial score (nSPS) is 10.4. The summed E-state index contributed by atoms with van der Waals surface area (Å²) in [5, 5.41) is 3.11. The van der Waals surface area contributed by atoms with Crippen LogP contribution >= 0.6 is 15.9 Å². The maximum atomic E-state index is 5.74. The highest BCUT2D eigenvalue weighted by molar-refractivity contribution is 9.10. The molecule has 0 spiro atoms. The van der Waals surface area contributed by atoms with Crippen LogP contribution in [0.1, 0.15) is 11.3 Å². The van der Waals surface area contributed by atoms with E-state index in [0.717, 1.165) is 22.5 Å². The van der Waals surface area contributed by atoms with Gasteiger partial charge in [0.25, 0.3) is 0 Å². The van der Waals surface area contributed by atoms with Gasteiger partial charge in [-0.1, -0.05) is 12.1 Å². The number of nitrogens with zero attached hydrogens (tertiary/aromatic N) is 1. The highest BCUT2D eigenvalue weighted by Gasteiger charge is 2.02. The minimum atomic E-state index is 0.609. The lowest BCUT2D eigenvalue weighted by molar-refractivity contribution is 0.460. The number of nitrogens with one attached hydrogen (secondary N) is 1. The molecule has 94 valence electrons. The Labute approximate surface area is 115 Å². The van der Waals surface area contributed by atoms with Crippen molar-refractivity contribution in [2.45, 2.75) is 13.5 Å². The van der Waals surface area contributed by atoms with Gasteiger partial charge in [-0.2, -0.15) is 0 Å². The summed E-state index contributed by atoms with van der Waals surface area (Å²) in [5.41, 5.74) is 2.10. The van der Waals surface area contributed by atoms with Crippen LogP contribution in [0.2, 0.25) is 0 Å². The van der Waals surface area contributed by atoms with Gasteiger partial charge in [0.1, 0.15) is 5.75 Å². The molecule has 1 heterocycles. The molecule has 0 fully saturated rings. The molecule has 1 aromatic carbocycles. The first-order valence-corrected chi connectivity index (χ1v) is 6.53. The monoisotopic (exact) mass is 306 g/mol.